The number of piperidine rings is 1. The highest BCUT2D eigenvalue weighted by molar-refractivity contribution is 9.10. The van der Waals surface area contributed by atoms with Crippen molar-refractivity contribution in [3.05, 3.63) is 28.2 Å². The van der Waals surface area contributed by atoms with Gasteiger partial charge >= 0.3 is 0 Å². The van der Waals surface area contributed by atoms with Gasteiger partial charge < -0.3 is 5.01 Å². The lowest BCUT2D eigenvalue weighted by atomic mass is 10.00. The third kappa shape index (κ3) is 2.55. The third-order valence-corrected chi connectivity index (χ3v) is 5.08. The van der Waals surface area contributed by atoms with E-state index in [1.807, 2.05) is 0 Å². The molecule has 0 saturated carbocycles. The zero-order valence-corrected chi connectivity index (χ0v) is 14.5. The van der Waals surface area contributed by atoms with Gasteiger partial charge in [-0.1, -0.05) is 0 Å². The molecule has 1 aromatic heterocycles. The predicted molar refractivity (Wildman–Crippen MR) is 87.9 cm³/mol. The van der Waals surface area contributed by atoms with E-state index in [0.29, 0.717) is 28.0 Å². The molecule has 21 heavy (non-hydrogen) atoms. The molecule has 1 aliphatic rings. The van der Waals surface area contributed by atoms with Crippen LogP contribution in [0.1, 0.15) is 38.9 Å². The number of benzene rings is 1. The highest BCUT2D eigenvalue weighted by Gasteiger charge is 2.28. The summed E-state index contributed by atoms with van der Waals surface area (Å²) in [7, 11) is 0. The lowest BCUT2D eigenvalue weighted by Gasteiger charge is -2.42. The van der Waals surface area contributed by atoms with Gasteiger partial charge in [-0.2, -0.15) is 0 Å². The summed E-state index contributed by atoms with van der Waals surface area (Å²) in [6.45, 7) is 4.44. The summed E-state index contributed by atoms with van der Waals surface area (Å²) in [6.07, 6.45) is 3.53. The van der Waals surface area contributed by atoms with Gasteiger partial charge in [-0.3, -0.25) is 0 Å². The number of imidazole rings is 1. The fourth-order valence-electron chi connectivity index (χ4n) is 3.26. The SMILES string of the molecule is CC1CCCC(C)N1n1c(CCl)nc2cc(F)c(Br)cc21. The van der Waals surface area contributed by atoms with Crippen molar-refractivity contribution < 1.29 is 4.39 Å². The molecule has 1 saturated heterocycles. The number of fused-ring (bicyclic) bond motifs is 1. The molecule has 0 amide bonds. The van der Waals surface area contributed by atoms with Crippen LogP contribution in [-0.4, -0.2) is 21.7 Å². The standard InChI is InChI=1S/C15H18BrClFN3/c1-9-4-3-5-10(2)20(9)21-14-6-11(16)12(18)7-13(14)19-15(21)8-17/h6-7,9-10H,3-5,8H2,1-2H3. The van der Waals surface area contributed by atoms with Gasteiger partial charge in [0.1, 0.15) is 11.6 Å². The van der Waals surface area contributed by atoms with E-state index >= 15 is 0 Å². The number of alkyl halides is 1. The Morgan fingerprint density at radius 2 is 2.00 bits per heavy atom. The Hall–Kier alpha value is -0.810. The Balaban J connectivity index is 2.22. The first-order chi connectivity index (χ1) is 10.0. The second kappa shape index (κ2) is 5.76. The van der Waals surface area contributed by atoms with Crippen LogP contribution in [0.15, 0.2) is 16.6 Å². The van der Waals surface area contributed by atoms with Crippen LogP contribution in [0.3, 0.4) is 0 Å². The largest absolute Gasteiger partial charge is 0.305 e. The Labute approximate surface area is 137 Å². The first-order valence-corrected chi connectivity index (χ1v) is 8.56. The molecule has 3 rings (SSSR count). The number of nitrogens with zero attached hydrogens (tertiary/aromatic N) is 3. The van der Waals surface area contributed by atoms with Crippen LogP contribution in [0.5, 0.6) is 0 Å². The van der Waals surface area contributed by atoms with Gasteiger partial charge in [0, 0.05) is 18.2 Å². The first-order valence-electron chi connectivity index (χ1n) is 7.24. The summed E-state index contributed by atoms with van der Waals surface area (Å²) in [6, 6.07) is 4.08. The van der Waals surface area contributed by atoms with Crippen LogP contribution in [-0.2, 0) is 5.88 Å². The molecule has 1 fully saturated rings. The van der Waals surface area contributed by atoms with Crippen LogP contribution >= 0.6 is 27.5 Å². The van der Waals surface area contributed by atoms with Crippen LogP contribution in [0.4, 0.5) is 4.39 Å². The molecule has 0 aliphatic carbocycles. The molecule has 2 heterocycles. The summed E-state index contributed by atoms with van der Waals surface area (Å²) in [4.78, 5) is 4.51. The van der Waals surface area contributed by atoms with Crippen LogP contribution in [0, 0.1) is 5.82 Å². The summed E-state index contributed by atoms with van der Waals surface area (Å²) in [5.74, 6) is 0.780. The quantitative estimate of drug-likeness (QED) is 0.718. The zero-order valence-electron chi connectivity index (χ0n) is 12.1. The minimum atomic E-state index is -0.298. The fourth-order valence-corrected chi connectivity index (χ4v) is 3.76. The van der Waals surface area contributed by atoms with Crippen molar-refractivity contribution in [2.75, 3.05) is 5.01 Å². The first kappa shape index (κ1) is 15.1. The van der Waals surface area contributed by atoms with Gasteiger partial charge in [-0.25, -0.2) is 14.1 Å². The minimum Gasteiger partial charge on any atom is -0.305 e. The van der Waals surface area contributed by atoms with E-state index in [1.165, 1.54) is 12.5 Å². The molecule has 6 heteroatoms. The Morgan fingerprint density at radius 1 is 1.33 bits per heavy atom. The van der Waals surface area contributed by atoms with Gasteiger partial charge in [-0.05, 0) is 55.1 Å². The number of hydrogen-bond donors (Lipinski definition) is 0. The smallest absolute Gasteiger partial charge is 0.143 e. The molecule has 2 aromatic rings. The molecule has 0 N–H and O–H groups in total. The lowest BCUT2D eigenvalue weighted by molar-refractivity contribution is 0.337. The predicted octanol–water partition coefficient (Wildman–Crippen LogP) is 4.58. The van der Waals surface area contributed by atoms with E-state index in [-0.39, 0.29) is 5.82 Å². The van der Waals surface area contributed by atoms with Crippen molar-refractivity contribution >= 4 is 38.6 Å². The normalized spacial score (nSPS) is 23.0. The maximum Gasteiger partial charge on any atom is 0.143 e. The van der Waals surface area contributed by atoms with E-state index in [9.17, 15) is 4.39 Å². The molecule has 0 bridgehead atoms. The summed E-state index contributed by atoms with van der Waals surface area (Å²) in [5, 5.41) is 2.33. The Morgan fingerprint density at radius 3 is 2.62 bits per heavy atom. The summed E-state index contributed by atoms with van der Waals surface area (Å²) in [5.41, 5.74) is 1.55. The lowest BCUT2D eigenvalue weighted by Crippen LogP contribution is -2.51. The molecule has 0 radical (unpaired) electrons. The molecule has 1 aromatic carbocycles. The van der Waals surface area contributed by atoms with Crippen LogP contribution < -0.4 is 5.01 Å². The zero-order chi connectivity index (χ0) is 15.1. The van der Waals surface area contributed by atoms with Gasteiger partial charge in [0.2, 0.25) is 0 Å². The average molecular weight is 375 g/mol. The van der Waals surface area contributed by atoms with Gasteiger partial charge in [0.25, 0.3) is 0 Å². The van der Waals surface area contributed by atoms with E-state index in [4.69, 9.17) is 11.6 Å². The fraction of sp³-hybridized carbons (Fsp3) is 0.533. The van der Waals surface area contributed by atoms with Gasteiger partial charge in [-0.15, -0.1) is 11.6 Å². The molecule has 0 spiro atoms. The highest BCUT2D eigenvalue weighted by atomic mass is 79.9. The molecule has 1 aliphatic heterocycles. The number of halogens is 3. The molecule has 114 valence electrons. The van der Waals surface area contributed by atoms with E-state index < -0.39 is 0 Å². The second-order valence-electron chi connectivity index (χ2n) is 5.74. The average Bonchev–Trinajstić information content (AvgIpc) is 2.77. The van der Waals surface area contributed by atoms with E-state index in [1.54, 1.807) is 6.07 Å². The monoisotopic (exact) mass is 373 g/mol. The maximum atomic E-state index is 13.7. The Kier molecular flexibility index (Phi) is 4.14. The third-order valence-electron chi connectivity index (χ3n) is 4.24. The minimum absolute atomic E-state index is 0.298. The number of aromatic nitrogens is 2. The molecular formula is C15H18BrClFN3. The van der Waals surface area contributed by atoms with Crippen molar-refractivity contribution in [1.29, 1.82) is 0 Å². The van der Waals surface area contributed by atoms with Crippen molar-refractivity contribution in [2.45, 2.75) is 51.1 Å². The van der Waals surface area contributed by atoms with E-state index in [0.717, 1.165) is 24.2 Å². The van der Waals surface area contributed by atoms with E-state index in [2.05, 4.69) is 44.4 Å². The van der Waals surface area contributed by atoms with Crippen molar-refractivity contribution in [1.82, 2.24) is 9.66 Å². The van der Waals surface area contributed by atoms with Gasteiger partial charge in [0.05, 0.1) is 21.4 Å². The molecule has 2 atom stereocenters. The molecular weight excluding hydrogens is 357 g/mol. The van der Waals surface area contributed by atoms with Crippen molar-refractivity contribution in [3.63, 3.8) is 0 Å². The Bertz CT molecular complexity index is 662. The topological polar surface area (TPSA) is 21.1 Å². The summed E-state index contributed by atoms with van der Waals surface area (Å²) >= 11 is 9.35. The van der Waals surface area contributed by atoms with Crippen LogP contribution in [0.25, 0.3) is 11.0 Å². The second-order valence-corrected chi connectivity index (χ2v) is 6.86. The van der Waals surface area contributed by atoms with Crippen molar-refractivity contribution in [3.8, 4) is 0 Å². The molecule has 2 unspecified atom stereocenters. The highest BCUT2D eigenvalue weighted by Crippen LogP contribution is 2.29. The van der Waals surface area contributed by atoms with Crippen LogP contribution in [0.2, 0.25) is 0 Å². The summed E-state index contributed by atoms with van der Waals surface area (Å²) < 4.78 is 16.3. The van der Waals surface area contributed by atoms with Gasteiger partial charge in [0.15, 0.2) is 0 Å². The molecule has 3 nitrogen and oxygen atoms in total. The van der Waals surface area contributed by atoms with Crippen molar-refractivity contribution in [2.24, 2.45) is 0 Å². The number of rotatable bonds is 2. The maximum absolute atomic E-state index is 13.7. The number of hydrogen-bond acceptors (Lipinski definition) is 2.